The normalized spacial score (nSPS) is 23.1. The summed E-state index contributed by atoms with van der Waals surface area (Å²) in [7, 11) is 3.38. The van der Waals surface area contributed by atoms with E-state index in [1.165, 1.54) is 7.11 Å². The molecule has 1 aliphatic heterocycles. The fourth-order valence-electron chi connectivity index (χ4n) is 2.11. The van der Waals surface area contributed by atoms with Crippen LogP contribution in [-0.2, 0) is 10.4 Å². The van der Waals surface area contributed by atoms with E-state index >= 15 is 0 Å². The molecule has 0 fully saturated rings. The Kier molecular flexibility index (Phi) is 2.71. The number of nitrogens with zero attached hydrogens (tertiary/aromatic N) is 1. The summed E-state index contributed by atoms with van der Waals surface area (Å²) in [6.07, 6.45) is 0.166. The minimum atomic E-state index is -1.82. The lowest BCUT2D eigenvalue weighted by molar-refractivity contribution is -0.160. The highest BCUT2D eigenvalue weighted by molar-refractivity contribution is 5.83. The molecule has 92 valence electrons. The SMILES string of the molecule is COc1ccc2c(c1)C(O)(C(=O)O)CCN2C. The summed E-state index contributed by atoms with van der Waals surface area (Å²) in [6, 6.07) is 5.10. The largest absolute Gasteiger partial charge is 0.497 e. The molecular weight excluding hydrogens is 222 g/mol. The van der Waals surface area contributed by atoms with Crippen molar-refractivity contribution in [1.29, 1.82) is 0 Å². The number of anilines is 1. The molecule has 1 aromatic rings. The molecule has 0 saturated carbocycles. The van der Waals surface area contributed by atoms with E-state index in [1.54, 1.807) is 18.2 Å². The van der Waals surface area contributed by atoms with E-state index in [0.717, 1.165) is 5.69 Å². The number of methoxy groups -OCH3 is 1. The molecule has 2 N–H and O–H groups in total. The summed E-state index contributed by atoms with van der Waals surface area (Å²) in [5, 5.41) is 19.4. The van der Waals surface area contributed by atoms with E-state index in [1.807, 2.05) is 11.9 Å². The molecule has 2 rings (SSSR count). The molecule has 1 aromatic carbocycles. The third-order valence-corrected chi connectivity index (χ3v) is 3.22. The maximum Gasteiger partial charge on any atom is 0.340 e. The van der Waals surface area contributed by atoms with Gasteiger partial charge in [-0.05, 0) is 18.2 Å². The third kappa shape index (κ3) is 1.72. The molecule has 1 unspecified atom stereocenters. The fourth-order valence-corrected chi connectivity index (χ4v) is 2.11. The van der Waals surface area contributed by atoms with Gasteiger partial charge in [0.05, 0.1) is 7.11 Å². The molecule has 5 nitrogen and oxygen atoms in total. The molecule has 5 heteroatoms. The van der Waals surface area contributed by atoms with Gasteiger partial charge in [-0.1, -0.05) is 0 Å². The van der Waals surface area contributed by atoms with Crippen molar-refractivity contribution >= 4 is 11.7 Å². The number of carboxylic acids is 1. The lowest BCUT2D eigenvalue weighted by Crippen LogP contribution is -2.44. The van der Waals surface area contributed by atoms with E-state index in [2.05, 4.69) is 0 Å². The van der Waals surface area contributed by atoms with Crippen molar-refractivity contribution in [3.05, 3.63) is 23.8 Å². The molecule has 1 heterocycles. The number of hydrogen-bond donors (Lipinski definition) is 2. The van der Waals surface area contributed by atoms with Crippen LogP contribution in [0.4, 0.5) is 5.69 Å². The van der Waals surface area contributed by atoms with Crippen LogP contribution < -0.4 is 9.64 Å². The van der Waals surface area contributed by atoms with E-state index in [0.29, 0.717) is 17.9 Å². The summed E-state index contributed by atoms with van der Waals surface area (Å²) in [4.78, 5) is 13.2. The fraction of sp³-hybridized carbons (Fsp3) is 0.417. The minimum absolute atomic E-state index is 0.166. The first-order valence-electron chi connectivity index (χ1n) is 5.34. The standard InChI is InChI=1S/C12H15NO4/c1-13-6-5-12(16,11(14)15)9-7-8(17-2)3-4-10(9)13/h3-4,7,16H,5-6H2,1-2H3,(H,14,15). The lowest BCUT2D eigenvalue weighted by atomic mass is 9.85. The predicted octanol–water partition coefficient (Wildman–Crippen LogP) is 0.807. The van der Waals surface area contributed by atoms with Crippen molar-refractivity contribution in [2.45, 2.75) is 12.0 Å². The average Bonchev–Trinajstić information content (AvgIpc) is 2.33. The van der Waals surface area contributed by atoms with Gasteiger partial charge in [-0.15, -0.1) is 0 Å². The second-order valence-electron chi connectivity index (χ2n) is 4.22. The Morgan fingerprint density at radius 2 is 2.24 bits per heavy atom. The van der Waals surface area contributed by atoms with E-state index in [9.17, 15) is 15.0 Å². The summed E-state index contributed by atoms with van der Waals surface area (Å²) in [5.74, 6) is -0.682. The zero-order valence-corrected chi connectivity index (χ0v) is 9.80. The first kappa shape index (κ1) is 11.7. The van der Waals surface area contributed by atoms with Gasteiger partial charge >= 0.3 is 5.97 Å². The Balaban J connectivity index is 2.60. The highest BCUT2D eigenvalue weighted by Gasteiger charge is 2.43. The Bertz CT molecular complexity index is 460. The third-order valence-electron chi connectivity index (χ3n) is 3.22. The molecule has 0 saturated heterocycles. The van der Waals surface area contributed by atoms with Crippen molar-refractivity contribution in [2.75, 3.05) is 25.6 Å². The summed E-state index contributed by atoms with van der Waals surface area (Å²) in [6.45, 7) is 0.502. The van der Waals surface area contributed by atoms with Gasteiger partial charge in [0, 0.05) is 31.3 Å². The van der Waals surface area contributed by atoms with Crippen LogP contribution >= 0.6 is 0 Å². The van der Waals surface area contributed by atoms with Crippen LogP contribution in [0.25, 0.3) is 0 Å². The summed E-state index contributed by atoms with van der Waals surface area (Å²) < 4.78 is 5.07. The smallest absolute Gasteiger partial charge is 0.340 e. The molecule has 0 bridgehead atoms. The topological polar surface area (TPSA) is 70.0 Å². The van der Waals surface area contributed by atoms with Crippen LogP contribution in [0.3, 0.4) is 0 Å². The van der Waals surface area contributed by atoms with Crippen LogP contribution in [0, 0.1) is 0 Å². The van der Waals surface area contributed by atoms with Gasteiger partial charge in [-0.2, -0.15) is 0 Å². The maximum absolute atomic E-state index is 11.2. The minimum Gasteiger partial charge on any atom is -0.497 e. The summed E-state index contributed by atoms with van der Waals surface area (Å²) >= 11 is 0. The van der Waals surface area contributed by atoms with Gasteiger partial charge in [0.25, 0.3) is 0 Å². The molecule has 0 amide bonds. The average molecular weight is 237 g/mol. The Hall–Kier alpha value is -1.75. The first-order chi connectivity index (χ1) is 7.99. The molecule has 1 atom stereocenters. The summed E-state index contributed by atoms with van der Waals surface area (Å²) in [5.41, 5.74) is -0.712. The van der Waals surface area contributed by atoms with Crippen molar-refractivity contribution in [3.63, 3.8) is 0 Å². The first-order valence-corrected chi connectivity index (χ1v) is 5.34. The highest BCUT2D eigenvalue weighted by Crippen LogP contribution is 2.39. The van der Waals surface area contributed by atoms with Gasteiger partial charge in [0.2, 0.25) is 0 Å². The number of carboxylic acid groups (broad SMARTS) is 1. The van der Waals surface area contributed by atoms with Crippen molar-refractivity contribution < 1.29 is 19.7 Å². The molecule has 0 aromatic heterocycles. The Morgan fingerprint density at radius 3 is 2.82 bits per heavy atom. The maximum atomic E-state index is 11.2. The zero-order valence-electron chi connectivity index (χ0n) is 9.80. The number of ether oxygens (including phenoxy) is 1. The number of carbonyl (C=O) groups is 1. The second-order valence-corrected chi connectivity index (χ2v) is 4.22. The molecule has 17 heavy (non-hydrogen) atoms. The molecule has 0 radical (unpaired) electrons. The Labute approximate surface area is 99.2 Å². The van der Waals surface area contributed by atoms with E-state index in [4.69, 9.17) is 4.74 Å². The van der Waals surface area contributed by atoms with Crippen LogP contribution in [0.5, 0.6) is 5.75 Å². The van der Waals surface area contributed by atoms with Gasteiger partial charge in [-0.3, -0.25) is 0 Å². The number of aliphatic carboxylic acids is 1. The second kappa shape index (κ2) is 3.92. The molecule has 0 spiro atoms. The van der Waals surface area contributed by atoms with Crippen LogP contribution in [0.15, 0.2) is 18.2 Å². The number of benzene rings is 1. The highest BCUT2D eigenvalue weighted by atomic mass is 16.5. The van der Waals surface area contributed by atoms with Crippen molar-refractivity contribution in [1.82, 2.24) is 0 Å². The van der Waals surface area contributed by atoms with Gasteiger partial charge < -0.3 is 19.8 Å². The lowest BCUT2D eigenvalue weighted by Gasteiger charge is -2.36. The number of aliphatic hydroxyl groups is 1. The van der Waals surface area contributed by atoms with Crippen LogP contribution in [-0.4, -0.2) is 36.9 Å². The molecule has 0 aliphatic carbocycles. The van der Waals surface area contributed by atoms with Crippen molar-refractivity contribution in [2.24, 2.45) is 0 Å². The van der Waals surface area contributed by atoms with Gasteiger partial charge in [0.15, 0.2) is 5.60 Å². The van der Waals surface area contributed by atoms with Gasteiger partial charge in [-0.25, -0.2) is 4.79 Å². The van der Waals surface area contributed by atoms with Crippen molar-refractivity contribution in [3.8, 4) is 5.75 Å². The van der Waals surface area contributed by atoms with Crippen LogP contribution in [0.2, 0.25) is 0 Å². The van der Waals surface area contributed by atoms with Crippen LogP contribution in [0.1, 0.15) is 12.0 Å². The zero-order chi connectivity index (χ0) is 12.6. The Morgan fingerprint density at radius 1 is 1.53 bits per heavy atom. The predicted molar refractivity (Wildman–Crippen MR) is 62.4 cm³/mol. The number of fused-ring (bicyclic) bond motifs is 1. The van der Waals surface area contributed by atoms with Gasteiger partial charge in [0.1, 0.15) is 5.75 Å². The molecular formula is C12H15NO4. The quantitative estimate of drug-likeness (QED) is 0.796. The number of hydrogen-bond acceptors (Lipinski definition) is 4. The van der Waals surface area contributed by atoms with E-state index < -0.39 is 11.6 Å². The number of rotatable bonds is 2. The monoisotopic (exact) mass is 237 g/mol. The molecule has 1 aliphatic rings. The van der Waals surface area contributed by atoms with E-state index in [-0.39, 0.29) is 6.42 Å².